The number of hydrogen-bond donors (Lipinski definition) is 1. The van der Waals surface area contributed by atoms with Crippen LogP contribution in [0.2, 0.25) is 0 Å². The van der Waals surface area contributed by atoms with E-state index in [2.05, 4.69) is 32.4 Å². The molecule has 1 amide bonds. The minimum Gasteiger partial charge on any atom is -0.444 e. The Morgan fingerprint density at radius 2 is 2.12 bits per heavy atom. The first-order chi connectivity index (χ1) is 11.4. The zero-order valence-electron chi connectivity index (χ0n) is 14.5. The van der Waals surface area contributed by atoms with E-state index in [1.807, 2.05) is 39.0 Å². The number of alkyl carbamates (subject to hydrolysis) is 1. The van der Waals surface area contributed by atoms with Gasteiger partial charge in [0.15, 0.2) is 0 Å². The third-order valence-corrected chi connectivity index (χ3v) is 3.81. The third-order valence-electron chi connectivity index (χ3n) is 3.81. The lowest BCUT2D eigenvalue weighted by molar-refractivity contribution is 0.0457. The number of azide groups is 1. The highest BCUT2D eigenvalue weighted by Crippen LogP contribution is 2.18. The Hall–Kier alpha value is -2.24. The first-order valence-electron chi connectivity index (χ1n) is 8.17. The quantitative estimate of drug-likeness (QED) is 0.520. The summed E-state index contributed by atoms with van der Waals surface area (Å²) >= 11 is 0. The fourth-order valence-corrected chi connectivity index (χ4v) is 2.80. The lowest BCUT2D eigenvalue weighted by Crippen LogP contribution is -2.54. The first kappa shape index (κ1) is 18.1. The van der Waals surface area contributed by atoms with Gasteiger partial charge in [-0.1, -0.05) is 35.4 Å². The van der Waals surface area contributed by atoms with Crippen molar-refractivity contribution < 1.29 is 9.53 Å². The van der Waals surface area contributed by atoms with Gasteiger partial charge in [0, 0.05) is 18.0 Å². The molecule has 1 aromatic rings. The van der Waals surface area contributed by atoms with Crippen LogP contribution in [0.1, 0.15) is 32.8 Å². The van der Waals surface area contributed by atoms with E-state index >= 15 is 0 Å². The number of benzene rings is 1. The molecule has 0 aromatic heterocycles. The Kier molecular flexibility index (Phi) is 6.06. The van der Waals surface area contributed by atoms with Crippen molar-refractivity contribution in [2.24, 2.45) is 5.11 Å². The molecule has 7 nitrogen and oxygen atoms in total. The maximum Gasteiger partial charge on any atom is 0.407 e. The number of carbonyl (C=O) groups excluding carboxylic acids is 1. The van der Waals surface area contributed by atoms with Gasteiger partial charge < -0.3 is 10.1 Å². The van der Waals surface area contributed by atoms with Gasteiger partial charge in [-0.15, -0.1) is 0 Å². The Morgan fingerprint density at radius 1 is 1.42 bits per heavy atom. The number of hydrogen-bond acceptors (Lipinski definition) is 4. The maximum absolute atomic E-state index is 12.1. The van der Waals surface area contributed by atoms with Crippen LogP contribution < -0.4 is 5.32 Å². The van der Waals surface area contributed by atoms with E-state index < -0.39 is 11.7 Å². The molecule has 0 aliphatic carbocycles. The fraction of sp³-hybridized carbons (Fsp3) is 0.588. The number of nitrogens with one attached hydrogen (secondary N) is 1. The molecule has 1 aromatic carbocycles. The first-order valence-corrected chi connectivity index (χ1v) is 8.17. The number of ether oxygens (including phenoxy) is 1. The average Bonchev–Trinajstić information content (AvgIpc) is 2.49. The van der Waals surface area contributed by atoms with Gasteiger partial charge in [0.05, 0.1) is 12.1 Å². The Labute approximate surface area is 142 Å². The molecule has 2 atom stereocenters. The second kappa shape index (κ2) is 8.04. The van der Waals surface area contributed by atoms with E-state index in [4.69, 9.17) is 10.3 Å². The molecular weight excluding hydrogens is 306 g/mol. The van der Waals surface area contributed by atoms with E-state index in [0.29, 0.717) is 13.0 Å². The summed E-state index contributed by atoms with van der Waals surface area (Å²) in [7, 11) is 0. The van der Waals surface area contributed by atoms with Crippen molar-refractivity contribution >= 4 is 6.09 Å². The highest BCUT2D eigenvalue weighted by atomic mass is 16.6. The van der Waals surface area contributed by atoms with Crippen molar-refractivity contribution in [1.82, 2.24) is 10.2 Å². The van der Waals surface area contributed by atoms with E-state index in [1.165, 1.54) is 5.56 Å². The van der Waals surface area contributed by atoms with Crippen LogP contribution >= 0.6 is 0 Å². The van der Waals surface area contributed by atoms with Gasteiger partial charge >= 0.3 is 6.09 Å². The topological polar surface area (TPSA) is 90.3 Å². The van der Waals surface area contributed by atoms with E-state index in [1.54, 1.807) is 0 Å². The predicted octanol–water partition coefficient (Wildman–Crippen LogP) is 3.46. The lowest BCUT2D eigenvalue weighted by atomic mass is 9.99. The summed E-state index contributed by atoms with van der Waals surface area (Å²) in [4.78, 5) is 17.2. The van der Waals surface area contributed by atoms with Crippen LogP contribution in [0.15, 0.2) is 35.4 Å². The van der Waals surface area contributed by atoms with Gasteiger partial charge in [0.25, 0.3) is 0 Å². The van der Waals surface area contributed by atoms with Crippen LogP contribution in [0, 0.1) is 0 Å². The SMILES string of the molecule is CC(C)(C)OC(=O)NC1CN(Cc2ccccc2)CCC1N=[N+]=[N-]. The number of nitrogens with zero attached hydrogens (tertiary/aromatic N) is 4. The molecule has 0 bridgehead atoms. The average molecular weight is 331 g/mol. The van der Waals surface area contributed by atoms with Gasteiger partial charge in [-0.3, -0.25) is 4.90 Å². The molecule has 1 saturated heterocycles. The molecule has 1 fully saturated rings. The second-order valence-electron chi connectivity index (χ2n) is 7.03. The van der Waals surface area contributed by atoms with Crippen molar-refractivity contribution in [2.45, 2.75) is 51.4 Å². The molecule has 2 rings (SSSR count). The van der Waals surface area contributed by atoms with Gasteiger partial charge in [-0.05, 0) is 44.8 Å². The summed E-state index contributed by atoms with van der Waals surface area (Å²) < 4.78 is 5.32. The van der Waals surface area contributed by atoms with Crippen LogP contribution in [-0.4, -0.2) is 41.8 Å². The van der Waals surface area contributed by atoms with Gasteiger partial charge in [0.1, 0.15) is 5.60 Å². The van der Waals surface area contributed by atoms with Crippen molar-refractivity contribution in [3.05, 3.63) is 46.3 Å². The standard InChI is InChI=1S/C17H25N5O2/c1-17(2,3)24-16(23)19-15-12-22(10-9-14(15)20-21-18)11-13-7-5-4-6-8-13/h4-8,14-15H,9-12H2,1-3H3,(H,19,23). The highest BCUT2D eigenvalue weighted by molar-refractivity contribution is 5.68. The zero-order chi connectivity index (χ0) is 17.6. The minimum absolute atomic E-state index is 0.255. The molecule has 0 saturated carbocycles. The molecule has 1 N–H and O–H groups in total. The van der Waals surface area contributed by atoms with E-state index in [-0.39, 0.29) is 12.1 Å². The van der Waals surface area contributed by atoms with E-state index in [9.17, 15) is 4.79 Å². The smallest absolute Gasteiger partial charge is 0.407 e. The van der Waals surface area contributed by atoms with Crippen LogP contribution in [0.25, 0.3) is 10.4 Å². The van der Waals surface area contributed by atoms with Crippen LogP contribution in [0.4, 0.5) is 4.79 Å². The molecule has 24 heavy (non-hydrogen) atoms. The minimum atomic E-state index is -0.559. The maximum atomic E-state index is 12.1. The molecule has 2 unspecified atom stereocenters. The molecule has 1 aliphatic rings. The molecule has 0 spiro atoms. The molecular formula is C17H25N5O2. The van der Waals surface area contributed by atoms with Gasteiger partial charge in [0.2, 0.25) is 0 Å². The van der Waals surface area contributed by atoms with Crippen molar-refractivity contribution in [3.8, 4) is 0 Å². The van der Waals surface area contributed by atoms with Crippen molar-refractivity contribution in [1.29, 1.82) is 0 Å². The molecule has 1 aliphatic heterocycles. The lowest BCUT2D eigenvalue weighted by Gasteiger charge is -2.37. The van der Waals surface area contributed by atoms with Crippen molar-refractivity contribution in [3.63, 3.8) is 0 Å². The third kappa shape index (κ3) is 5.76. The number of likely N-dealkylation sites (tertiary alicyclic amines) is 1. The summed E-state index contributed by atoms with van der Waals surface area (Å²) in [6.45, 7) is 7.71. The second-order valence-corrected chi connectivity index (χ2v) is 7.03. The number of piperidine rings is 1. The Morgan fingerprint density at radius 3 is 2.75 bits per heavy atom. The van der Waals surface area contributed by atoms with Gasteiger partial charge in [-0.2, -0.15) is 0 Å². The molecule has 0 radical (unpaired) electrons. The summed E-state index contributed by atoms with van der Waals surface area (Å²) in [5.41, 5.74) is 9.42. The highest BCUT2D eigenvalue weighted by Gasteiger charge is 2.31. The van der Waals surface area contributed by atoms with E-state index in [0.717, 1.165) is 13.1 Å². The number of carbonyl (C=O) groups is 1. The monoisotopic (exact) mass is 331 g/mol. The largest absolute Gasteiger partial charge is 0.444 e. The summed E-state index contributed by atoms with van der Waals surface area (Å²) in [6.07, 6.45) is 0.226. The summed E-state index contributed by atoms with van der Waals surface area (Å²) in [5, 5.41) is 6.70. The summed E-state index contributed by atoms with van der Waals surface area (Å²) in [6, 6.07) is 9.66. The van der Waals surface area contributed by atoms with Crippen LogP contribution in [0.3, 0.4) is 0 Å². The number of amides is 1. The van der Waals surface area contributed by atoms with Gasteiger partial charge in [-0.25, -0.2) is 4.79 Å². The summed E-state index contributed by atoms with van der Waals surface area (Å²) in [5.74, 6) is 0. The number of rotatable bonds is 4. The molecule has 7 heteroatoms. The van der Waals surface area contributed by atoms with Crippen LogP contribution in [-0.2, 0) is 11.3 Å². The fourth-order valence-electron chi connectivity index (χ4n) is 2.80. The van der Waals surface area contributed by atoms with Crippen LogP contribution in [0.5, 0.6) is 0 Å². The predicted molar refractivity (Wildman–Crippen MR) is 92.4 cm³/mol. The normalized spacial score (nSPS) is 21.6. The molecule has 1 heterocycles. The Bertz CT molecular complexity index is 593. The van der Waals surface area contributed by atoms with Crippen molar-refractivity contribution in [2.75, 3.05) is 13.1 Å². The Balaban J connectivity index is 2.00. The zero-order valence-corrected chi connectivity index (χ0v) is 14.5. The molecule has 130 valence electrons.